The normalized spacial score (nSPS) is 21.4. The van der Waals surface area contributed by atoms with Crippen molar-refractivity contribution < 1.29 is 14.3 Å². The van der Waals surface area contributed by atoms with E-state index in [0.29, 0.717) is 57.9 Å². The molecule has 0 unspecified atom stereocenters. The molecule has 2 amide bonds. The predicted molar refractivity (Wildman–Crippen MR) is 102 cm³/mol. The summed E-state index contributed by atoms with van der Waals surface area (Å²) in [4.78, 5) is 33.6. The number of piperidine rings is 1. The number of carbonyl (C=O) groups is 2. The molecular formula is C20H32N4O3. The van der Waals surface area contributed by atoms with Crippen LogP contribution in [-0.4, -0.2) is 63.4 Å². The predicted octanol–water partition coefficient (Wildman–Crippen LogP) is 2.01. The Balaban J connectivity index is 1.77. The summed E-state index contributed by atoms with van der Waals surface area (Å²) in [7, 11) is 0. The lowest BCUT2D eigenvalue weighted by Gasteiger charge is -2.46. The van der Waals surface area contributed by atoms with E-state index in [4.69, 9.17) is 4.74 Å². The monoisotopic (exact) mass is 376 g/mol. The smallest absolute Gasteiger partial charge is 0.253 e. The van der Waals surface area contributed by atoms with E-state index >= 15 is 0 Å². The number of likely N-dealkylation sites (N-methyl/N-ethyl adjacent to an activating group) is 1. The minimum Gasteiger partial charge on any atom is -0.352 e. The third-order valence-corrected chi connectivity index (χ3v) is 5.71. The first kappa shape index (κ1) is 19.9. The molecule has 1 aromatic heterocycles. The fourth-order valence-electron chi connectivity index (χ4n) is 4.20. The van der Waals surface area contributed by atoms with Crippen LogP contribution in [0.15, 0.2) is 12.4 Å². The molecule has 27 heavy (non-hydrogen) atoms. The number of hydrogen-bond donors (Lipinski definition) is 0. The van der Waals surface area contributed by atoms with Crippen LogP contribution in [0.5, 0.6) is 0 Å². The van der Waals surface area contributed by atoms with Crippen LogP contribution in [0.2, 0.25) is 0 Å². The van der Waals surface area contributed by atoms with E-state index in [-0.39, 0.29) is 11.8 Å². The zero-order valence-corrected chi connectivity index (χ0v) is 17.0. The molecule has 0 aromatic carbocycles. The summed E-state index contributed by atoms with van der Waals surface area (Å²) in [6.07, 6.45) is 5.14. The van der Waals surface area contributed by atoms with Crippen molar-refractivity contribution in [2.24, 2.45) is 5.92 Å². The quantitative estimate of drug-likeness (QED) is 0.788. The van der Waals surface area contributed by atoms with Gasteiger partial charge in [-0.1, -0.05) is 13.8 Å². The zero-order chi connectivity index (χ0) is 19.6. The lowest BCUT2D eigenvalue weighted by molar-refractivity contribution is -0.182. The van der Waals surface area contributed by atoms with Crippen molar-refractivity contribution >= 4 is 11.8 Å². The third-order valence-electron chi connectivity index (χ3n) is 5.71. The average molecular weight is 377 g/mol. The second-order valence-corrected chi connectivity index (χ2v) is 7.99. The Bertz CT molecular complexity index is 673. The number of likely N-dealkylation sites (tertiary alicyclic amines) is 1. The molecule has 2 aliphatic heterocycles. The van der Waals surface area contributed by atoms with Gasteiger partial charge in [0.05, 0.1) is 6.54 Å². The Morgan fingerprint density at radius 1 is 1.30 bits per heavy atom. The number of carbonyl (C=O) groups excluding carboxylic acids is 2. The minimum absolute atomic E-state index is 0.0389. The molecule has 1 aromatic rings. The Kier molecular flexibility index (Phi) is 5.89. The van der Waals surface area contributed by atoms with Gasteiger partial charge in [0.2, 0.25) is 5.91 Å². The molecular weight excluding hydrogens is 344 g/mol. The van der Waals surface area contributed by atoms with Crippen LogP contribution >= 0.6 is 0 Å². The lowest BCUT2D eigenvalue weighted by Crippen LogP contribution is -2.55. The second kappa shape index (κ2) is 8.00. The van der Waals surface area contributed by atoms with Crippen LogP contribution in [0.1, 0.15) is 52.8 Å². The number of fused-ring (bicyclic) bond motifs is 2. The van der Waals surface area contributed by atoms with Crippen LogP contribution in [0.25, 0.3) is 0 Å². The molecule has 2 aliphatic rings. The van der Waals surface area contributed by atoms with Crippen molar-refractivity contribution in [3.63, 3.8) is 0 Å². The van der Waals surface area contributed by atoms with Crippen molar-refractivity contribution in [1.82, 2.24) is 19.4 Å². The van der Waals surface area contributed by atoms with Crippen molar-refractivity contribution in [2.45, 2.75) is 65.2 Å². The van der Waals surface area contributed by atoms with Gasteiger partial charge in [-0.25, -0.2) is 4.98 Å². The molecule has 1 saturated heterocycles. The zero-order valence-electron chi connectivity index (χ0n) is 17.0. The first-order chi connectivity index (χ1) is 12.9. The van der Waals surface area contributed by atoms with E-state index in [1.165, 1.54) is 0 Å². The third kappa shape index (κ3) is 3.88. The van der Waals surface area contributed by atoms with E-state index in [9.17, 15) is 9.59 Å². The minimum atomic E-state index is -0.580. The summed E-state index contributed by atoms with van der Waals surface area (Å²) in [5.74, 6) is 1.49. The largest absolute Gasteiger partial charge is 0.352 e. The van der Waals surface area contributed by atoms with Crippen LogP contribution in [0.4, 0.5) is 0 Å². The van der Waals surface area contributed by atoms with Crippen molar-refractivity contribution in [1.29, 1.82) is 0 Å². The lowest BCUT2D eigenvalue weighted by atomic mass is 9.88. The van der Waals surface area contributed by atoms with Gasteiger partial charge in [-0.2, -0.15) is 0 Å². The number of rotatable bonds is 5. The highest BCUT2D eigenvalue weighted by atomic mass is 16.5. The molecule has 1 spiro atoms. The first-order valence-corrected chi connectivity index (χ1v) is 10.2. The van der Waals surface area contributed by atoms with Crippen LogP contribution in [0.3, 0.4) is 0 Å². The highest BCUT2D eigenvalue weighted by Gasteiger charge is 2.48. The van der Waals surface area contributed by atoms with Gasteiger partial charge in [0, 0.05) is 57.8 Å². The highest BCUT2D eigenvalue weighted by molar-refractivity contribution is 5.81. The van der Waals surface area contributed by atoms with Gasteiger partial charge in [0.25, 0.3) is 5.91 Å². The van der Waals surface area contributed by atoms with Crippen molar-refractivity contribution in [3.05, 3.63) is 18.2 Å². The van der Waals surface area contributed by atoms with E-state index in [2.05, 4.69) is 23.4 Å². The van der Waals surface area contributed by atoms with Gasteiger partial charge in [-0.15, -0.1) is 0 Å². The second-order valence-electron chi connectivity index (χ2n) is 7.99. The average Bonchev–Trinajstić information content (AvgIpc) is 3.12. The van der Waals surface area contributed by atoms with Gasteiger partial charge in [0.15, 0.2) is 6.10 Å². The van der Waals surface area contributed by atoms with Gasteiger partial charge in [-0.3, -0.25) is 9.59 Å². The highest BCUT2D eigenvalue weighted by Crippen LogP contribution is 2.40. The molecule has 7 nitrogen and oxygen atoms in total. The summed E-state index contributed by atoms with van der Waals surface area (Å²) in [6, 6.07) is 0. The number of ether oxygens (including phenoxy) is 1. The molecule has 0 bridgehead atoms. The topological polar surface area (TPSA) is 67.7 Å². The molecule has 3 heterocycles. The summed E-state index contributed by atoms with van der Waals surface area (Å²) < 4.78 is 8.50. The SMILES string of the molecule is CCN(CC)C(=O)[C@@H]1Cn2ccnc2C2(CCN(C(=O)CC(C)C)CC2)O1. The van der Waals surface area contributed by atoms with Crippen LogP contribution in [0, 0.1) is 5.92 Å². The molecule has 7 heteroatoms. The summed E-state index contributed by atoms with van der Waals surface area (Å²) >= 11 is 0. The Morgan fingerprint density at radius 2 is 1.96 bits per heavy atom. The fourth-order valence-corrected chi connectivity index (χ4v) is 4.20. The molecule has 0 N–H and O–H groups in total. The Morgan fingerprint density at radius 3 is 2.56 bits per heavy atom. The number of hydrogen-bond acceptors (Lipinski definition) is 4. The van der Waals surface area contributed by atoms with Crippen LogP contribution in [-0.2, 0) is 26.5 Å². The van der Waals surface area contributed by atoms with Crippen molar-refractivity contribution in [2.75, 3.05) is 26.2 Å². The van der Waals surface area contributed by atoms with Gasteiger partial charge < -0.3 is 19.1 Å². The molecule has 0 radical (unpaired) electrons. The van der Waals surface area contributed by atoms with E-state index in [1.54, 1.807) is 6.20 Å². The van der Waals surface area contributed by atoms with E-state index in [1.807, 2.05) is 29.8 Å². The summed E-state index contributed by atoms with van der Waals surface area (Å²) in [6.45, 7) is 11.2. The van der Waals surface area contributed by atoms with E-state index < -0.39 is 11.7 Å². The van der Waals surface area contributed by atoms with Gasteiger partial charge >= 0.3 is 0 Å². The maximum Gasteiger partial charge on any atom is 0.253 e. The number of amides is 2. The Hall–Kier alpha value is -1.89. The standard InChI is InChI=1S/C20H32N4O3/c1-5-22(6-2)18(26)16-14-24-12-9-21-19(24)20(27-16)7-10-23(11-8-20)17(25)13-15(3)4/h9,12,15-16H,5-8,10-11,13-14H2,1-4H3/t16-/m0/s1. The molecule has 0 aliphatic carbocycles. The molecule has 0 saturated carbocycles. The number of aromatic nitrogens is 2. The maximum atomic E-state index is 12.9. The molecule has 1 atom stereocenters. The van der Waals surface area contributed by atoms with Gasteiger partial charge in [-0.05, 0) is 19.8 Å². The number of imidazole rings is 1. The molecule has 3 rings (SSSR count). The first-order valence-electron chi connectivity index (χ1n) is 10.2. The Labute approximate surface area is 161 Å². The fraction of sp³-hybridized carbons (Fsp3) is 0.750. The van der Waals surface area contributed by atoms with Crippen LogP contribution < -0.4 is 0 Å². The molecule has 1 fully saturated rings. The summed E-state index contributed by atoms with van der Waals surface area (Å²) in [5, 5.41) is 0. The summed E-state index contributed by atoms with van der Waals surface area (Å²) in [5.41, 5.74) is -0.580. The van der Waals surface area contributed by atoms with Crippen molar-refractivity contribution in [3.8, 4) is 0 Å². The van der Waals surface area contributed by atoms with Gasteiger partial charge in [0.1, 0.15) is 11.4 Å². The number of nitrogens with zero attached hydrogens (tertiary/aromatic N) is 4. The van der Waals surface area contributed by atoms with E-state index in [0.717, 1.165) is 5.82 Å². The molecule has 150 valence electrons. The maximum absolute atomic E-state index is 12.9.